The Morgan fingerprint density at radius 3 is 2.16 bits per heavy atom. The molecule has 0 aliphatic rings. The molecule has 3 aromatic carbocycles. The van der Waals surface area contributed by atoms with Gasteiger partial charge in [-0.2, -0.15) is 0 Å². The number of anilines is 2. The van der Waals surface area contributed by atoms with Crippen LogP contribution in [-0.2, 0) is 14.4 Å². The van der Waals surface area contributed by atoms with E-state index in [0.717, 1.165) is 35.1 Å². The monoisotopic (exact) mass is 518 g/mol. The molecule has 1 atom stereocenters. The number of nitrogens with one attached hydrogen (secondary N) is 2. The molecule has 2 amide bonds. The van der Waals surface area contributed by atoms with Crippen molar-refractivity contribution in [2.45, 2.75) is 36.8 Å². The molecule has 1 unspecified atom stereocenters. The van der Waals surface area contributed by atoms with Crippen molar-refractivity contribution >= 4 is 40.9 Å². The molecule has 0 aromatic heterocycles. The number of carbonyl (C=O) groups is 3. The molecule has 8 heteroatoms. The Bertz CT molecular complexity index is 1230. The lowest BCUT2D eigenvalue weighted by molar-refractivity contribution is -0.132. The SMILES string of the molecule is CCCCOc1ccc(NC(=O)C(Sc2ccc(NC(=O)C=C(C)C(=O)O)cc2)c2ccccc2)cc1. The van der Waals surface area contributed by atoms with Gasteiger partial charge in [-0.15, -0.1) is 11.8 Å². The fourth-order valence-electron chi connectivity index (χ4n) is 3.27. The molecular weight excluding hydrogens is 488 g/mol. The number of aliphatic carboxylic acids is 1. The van der Waals surface area contributed by atoms with E-state index in [1.165, 1.54) is 18.7 Å². The van der Waals surface area contributed by atoms with Gasteiger partial charge in [0.05, 0.1) is 6.61 Å². The van der Waals surface area contributed by atoms with Crippen molar-refractivity contribution in [3.8, 4) is 5.75 Å². The van der Waals surface area contributed by atoms with Crippen molar-refractivity contribution < 1.29 is 24.2 Å². The van der Waals surface area contributed by atoms with Gasteiger partial charge in [0, 0.05) is 27.9 Å². The molecule has 7 nitrogen and oxygen atoms in total. The molecule has 3 aromatic rings. The summed E-state index contributed by atoms with van der Waals surface area (Å²) in [6.45, 7) is 4.13. The van der Waals surface area contributed by atoms with Crippen LogP contribution in [0.4, 0.5) is 11.4 Å². The van der Waals surface area contributed by atoms with Crippen LogP contribution in [0.1, 0.15) is 37.5 Å². The maximum atomic E-state index is 13.3. The number of hydrogen-bond donors (Lipinski definition) is 3. The summed E-state index contributed by atoms with van der Waals surface area (Å²) in [7, 11) is 0. The molecule has 37 heavy (non-hydrogen) atoms. The highest BCUT2D eigenvalue weighted by molar-refractivity contribution is 8.00. The highest BCUT2D eigenvalue weighted by atomic mass is 32.2. The van der Waals surface area contributed by atoms with Crippen molar-refractivity contribution in [2.75, 3.05) is 17.2 Å². The second-order valence-electron chi connectivity index (χ2n) is 8.27. The van der Waals surface area contributed by atoms with E-state index in [9.17, 15) is 14.4 Å². The first-order valence-corrected chi connectivity index (χ1v) is 12.8. The molecule has 0 radical (unpaired) electrons. The Hall–Kier alpha value is -4.04. The van der Waals surface area contributed by atoms with Crippen LogP contribution >= 0.6 is 11.8 Å². The van der Waals surface area contributed by atoms with Crippen molar-refractivity contribution in [2.24, 2.45) is 0 Å². The minimum absolute atomic E-state index is 0.0555. The van der Waals surface area contributed by atoms with Crippen LogP contribution in [0.25, 0.3) is 0 Å². The highest BCUT2D eigenvalue weighted by Crippen LogP contribution is 2.36. The Morgan fingerprint density at radius 2 is 1.54 bits per heavy atom. The molecule has 0 saturated heterocycles. The largest absolute Gasteiger partial charge is 0.494 e. The minimum atomic E-state index is -1.15. The normalized spacial score (nSPS) is 11.9. The van der Waals surface area contributed by atoms with Gasteiger partial charge in [0.2, 0.25) is 11.8 Å². The molecule has 0 bridgehead atoms. The van der Waals surface area contributed by atoms with Crippen molar-refractivity contribution in [3.05, 3.63) is 96.1 Å². The second kappa shape index (κ2) is 13.9. The molecule has 3 N–H and O–H groups in total. The van der Waals surface area contributed by atoms with Gasteiger partial charge in [-0.25, -0.2) is 4.79 Å². The summed E-state index contributed by atoms with van der Waals surface area (Å²) < 4.78 is 5.69. The maximum Gasteiger partial charge on any atom is 0.331 e. The number of thioether (sulfide) groups is 1. The van der Waals surface area contributed by atoms with Crippen molar-refractivity contribution in [1.82, 2.24) is 0 Å². The summed E-state index contributed by atoms with van der Waals surface area (Å²) >= 11 is 1.39. The topological polar surface area (TPSA) is 105 Å². The molecule has 192 valence electrons. The summed E-state index contributed by atoms with van der Waals surface area (Å²) in [5.41, 5.74) is 2.00. The van der Waals surface area contributed by atoms with Gasteiger partial charge < -0.3 is 20.5 Å². The van der Waals surface area contributed by atoms with E-state index in [1.807, 2.05) is 54.6 Å². The molecule has 0 fully saturated rings. The molecule has 0 spiro atoms. The smallest absolute Gasteiger partial charge is 0.331 e. The first-order chi connectivity index (χ1) is 17.9. The second-order valence-corrected chi connectivity index (χ2v) is 9.45. The molecule has 0 saturated carbocycles. The Balaban J connectivity index is 1.69. The summed E-state index contributed by atoms with van der Waals surface area (Å²) in [5.74, 6) is -1.07. The van der Waals surface area contributed by atoms with Gasteiger partial charge in [-0.1, -0.05) is 43.7 Å². The van der Waals surface area contributed by atoms with Crippen LogP contribution in [0.2, 0.25) is 0 Å². The number of ether oxygens (including phenoxy) is 1. The molecule has 0 aliphatic carbocycles. The Labute approximate surface area is 220 Å². The maximum absolute atomic E-state index is 13.3. The van der Waals surface area contributed by atoms with Gasteiger partial charge in [0.25, 0.3) is 0 Å². The van der Waals surface area contributed by atoms with Gasteiger partial charge in [-0.3, -0.25) is 9.59 Å². The lowest BCUT2D eigenvalue weighted by Gasteiger charge is -2.17. The van der Waals surface area contributed by atoms with Crippen LogP contribution in [0.15, 0.2) is 95.4 Å². The highest BCUT2D eigenvalue weighted by Gasteiger charge is 2.22. The number of unbranched alkanes of at least 4 members (excludes halogenated alkanes) is 1. The third-order valence-corrected chi connectivity index (χ3v) is 6.56. The number of rotatable bonds is 12. The van der Waals surface area contributed by atoms with Crippen LogP contribution < -0.4 is 15.4 Å². The van der Waals surface area contributed by atoms with E-state index in [-0.39, 0.29) is 11.5 Å². The van der Waals surface area contributed by atoms with Crippen molar-refractivity contribution in [1.29, 1.82) is 0 Å². The van der Waals surface area contributed by atoms with E-state index in [2.05, 4.69) is 17.6 Å². The summed E-state index contributed by atoms with van der Waals surface area (Å²) in [5, 5.41) is 14.0. The van der Waals surface area contributed by atoms with Crippen LogP contribution in [-0.4, -0.2) is 29.5 Å². The van der Waals surface area contributed by atoms with E-state index in [0.29, 0.717) is 18.0 Å². The average Bonchev–Trinajstić information content (AvgIpc) is 2.89. The third-order valence-electron chi connectivity index (χ3n) is 5.29. The van der Waals surface area contributed by atoms with E-state index in [1.54, 1.807) is 24.3 Å². The number of amides is 2. The lowest BCUT2D eigenvalue weighted by atomic mass is 10.1. The van der Waals surface area contributed by atoms with Gasteiger partial charge in [0.15, 0.2) is 0 Å². The fraction of sp³-hybridized carbons (Fsp3) is 0.207. The summed E-state index contributed by atoms with van der Waals surface area (Å²) in [4.78, 5) is 37.0. The van der Waals surface area contributed by atoms with E-state index >= 15 is 0 Å². The van der Waals surface area contributed by atoms with Gasteiger partial charge in [-0.05, 0) is 67.4 Å². The first kappa shape index (κ1) is 27.5. The third kappa shape index (κ3) is 8.84. The van der Waals surface area contributed by atoms with Gasteiger partial charge in [0.1, 0.15) is 11.0 Å². The summed E-state index contributed by atoms with van der Waals surface area (Å²) in [6, 6.07) is 23.9. The zero-order chi connectivity index (χ0) is 26.6. The predicted molar refractivity (Wildman–Crippen MR) is 147 cm³/mol. The van der Waals surface area contributed by atoms with E-state index in [4.69, 9.17) is 9.84 Å². The average molecular weight is 519 g/mol. The zero-order valence-corrected chi connectivity index (χ0v) is 21.6. The number of benzene rings is 3. The lowest BCUT2D eigenvalue weighted by Crippen LogP contribution is -2.19. The number of hydrogen-bond acceptors (Lipinski definition) is 5. The van der Waals surface area contributed by atoms with Crippen LogP contribution in [0.3, 0.4) is 0 Å². The number of carboxylic acid groups (broad SMARTS) is 1. The minimum Gasteiger partial charge on any atom is -0.494 e. The molecule has 0 aliphatic heterocycles. The molecule has 0 heterocycles. The Kier molecular flexibility index (Phi) is 10.3. The molecular formula is C29H30N2O5S. The standard InChI is InChI=1S/C29H30N2O5S/c1-3-4-18-36-24-14-10-23(11-15-24)31-28(33)27(21-8-6-5-7-9-21)37-25-16-12-22(13-17-25)30-26(32)19-20(2)29(34)35/h5-17,19,27H,3-4,18H2,1-2H3,(H,30,32)(H,31,33)(H,34,35). The number of carbonyl (C=O) groups excluding carboxylic acids is 2. The fourth-order valence-corrected chi connectivity index (χ4v) is 4.29. The zero-order valence-electron chi connectivity index (χ0n) is 20.8. The predicted octanol–water partition coefficient (Wildman–Crippen LogP) is 6.31. The molecule has 3 rings (SSSR count). The van der Waals surface area contributed by atoms with Crippen LogP contribution in [0.5, 0.6) is 5.75 Å². The quantitative estimate of drug-likeness (QED) is 0.147. The van der Waals surface area contributed by atoms with E-state index < -0.39 is 17.1 Å². The van der Waals surface area contributed by atoms with Crippen molar-refractivity contribution in [3.63, 3.8) is 0 Å². The number of carboxylic acids is 1. The first-order valence-electron chi connectivity index (χ1n) is 11.9. The van der Waals surface area contributed by atoms with Crippen LogP contribution in [0, 0.1) is 0 Å². The summed E-state index contributed by atoms with van der Waals surface area (Å²) in [6.07, 6.45) is 3.09. The van der Waals surface area contributed by atoms with Gasteiger partial charge >= 0.3 is 5.97 Å². The Morgan fingerprint density at radius 1 is 0.919 bits per heavy atom.